The van der Waals surface area contributed by atoms with E-state index in [9.17, 15) is 4.79 Å². The van der Waals surface area contributed by atoms with Crippen molar-refractivity contribution in [1.29, 1.82) is 0 Å². The Morgan fingerprint density at radius 2 is 1.95 bits per heavy atom. The monoisotopic (exact) mass is 279 g/mol. The number of rotatable bonds is 6. The van der Waals surface area contributed by atoms with Crippen molar-refractivity contribution in [2.75, 3.05) is 0 Å². The highest BCUT2D eigenvalue weighted by Gasteiger charge is 2.12. The van der Waals surface area contributed by atoms with E-state index in [-0.39, 0.29) is 11.9 Å². The zero-order valence-electron chi connectivity index (χ0n) is 12.4. The quantitative estimate of drug-likeness (QED) is 0.750. The lowest BCUT2D eigenvalue weighted by molar-refractivity contribution is 0.0937. The van der Waals surface area contributed by atoms with E-state index in [2.05, 4.69) is 38.7 Å². The molecule has 1 N–H and O–H groups in total. The second-order valence-electron chi connectivity index (χ2n) is 5.70. The molecule has 0 aliphatic heterocycles. The molecular formula is C16H25NOS. The Hall–Kier alpha value is -0.960. The lowest BCUT2D eigenvalue weighted by atomic mass is 10.0. The average molecular weight is 279 g/mol. The lowest BCUT2D eigenvalue weighted by Gasteiger charge is -2.15. The van der Waals surface area contributed by atoms with E-state index in [1.165, 1.54) is 6.42 Å². The van der Waals surface area contributed by atoms with E-state index in [0.29, 0.717) is 0 Å². The lowest BCUT2D eigenvalue weighted by Crippen LogP contribution is -2.33. The standard InChI is InChI=1S/C16H25NOS/c1-11(2)6-5-7-13(4)17-16(18)15-10-14(19)9-8-12(15)3/h8-11,13,19H,5-7H2,1-4H3,(H,17,18). The first-order valence-electron chi connectivity index (χ1n) is 7.00. The van der Waals surface area contributed by atoms with Gasteiger partial charge in [0.05, 0.1) is 0 Å². The molecule has 1 unspecified atom stereocenters. The van der Waals surface area contributed by atoms with Gasteiger partial charge in [0, 0.05) is 16.5 Å². The summed E-state index contributed by atoms with van der Waals surface area (Å²) in [7, 11) is 0. The molecule has 106 valence electrons. The van der Waals surface area contributed by atoms with Crippen molar-refractivity contribution in [2.24, 2.45) is 5.92 Å². The SMILES string of the molecule is Cc1ccc(S)cc1C(=O)NC(C)CCCC(C)C. The molecule has 1 amide bonds. The van der Waals surface area contributed by atoms with Gasteiger partial charge < -0.3 is 5.32 Å². The summed E-state index contributed by atoms with van der Waals surface area (Å²) in [5.41, 5.74) is 1.72. The van der Waals surface area contributed by atoms with Crippen molar-refractivity contribution >= 4 is 18.5 Å². The Morgan fingerprint density at radius 3 is 2.58 bits per heavy atom. The van der Waals surface area contributed by atoms with Gasteiger partial charge in [0.1, 0.15) is 0 Å². The minimum absolute atomic E-state index is 0.00504. The summed E-state index contributed by atoms with van der Waals surface area (Å²) in [5.74, 6) is 0.733. The maximum absolute atomic E-state index is 12.2. The summed E-state index contributed by atoms with van der Waals surface area (Å²) in [6, 6.07) is 5.88. The van der Waals surface area contributed by atoms with Crippen molar-refractivity contribution in [2.45, 2.75) is 57.9 Å². The van der Waals surface area contributed by atoms with Crippen LogP contribution in [-0.4, -0.2) is 11.9 Å². The van der Waals surface area contributed by atoms with Crippen LogP contribution in [-0.2, 0) is 0 Å². The van der Waals surface area contributed by atoms with E-state index >= 15 is 0 Å². The molecule has 0 aliphatic carbocycles. The van der Waals surface area contributed by atoms with Gasteiger partial charge >= 0.3 is 0 Å². The first-order valence-corrected chi connectivity index (χ1v) is 7.45. The molecule has 1 aromatic carbocycles. The number of amides is 1. The first-order chi connectivity index (χ1) is 8.90. The maximum atomic E-state index is 12.2. The van der Waals surface area contributed by atoms with Crippen LogP contribution in [0.5, 0.6) is 0 Å². The van der Waals surface area contributed by atoms with Gasteiger partial charge in [-0.2, -0.15) is 0 Å². The largest absolute Gasteiger partial charge is 0.350 e. The van der Waals surface area contributed by atoms with Crippen LogP contribution < -0.4 is 5.32 Å². The minimum atomic E-state index is 0.00504. The van der Waals surface area contributed by atoms with Crippen LogP contribution in [0.2, 0.25) is 0 Å². The molecule has 0 saturated heterocycles. The van der Waals surface area contributed by atoms with Crippen LogP contribution >= 0.6 is 12.6 Å². The molecule has 0 saturated carbocycles. The molecular weight excluding hydrogens is 254 g/mol. The molecule has 1 rings (SSSR count). The van der Waals surface area contributed by atoms with Crippen LogP contribution in [0.4, 0.5) is 0 Å². The molecule has 0 heterocycles. The van der Waals surface area contributed by atoms with Crippen LogP contribution in [0.3, 0.4) is 0 Å². The molecule has 0 spiro atoms. The van der Waals surface area contributed by atoms with Crippen LogP contribution in [0.1, 0.15) is 56.0 Å². The normalized spacial score (nSPS) is 12.5. The van der Waals surface area contributed by atoms with E-state index in [1.807, 2.05) is 25.1 Å². The molecule has 0 aromatic heterocycles. The fourth-order valence-electron chi connectivity index (χ4n) is 2.06. The third kappa shape index (κ3) is 5.68. The van der Waals surface area contributed by atoms with E-state index in [4.69, 9.17) is 0 Å². The van der Waals surface area contributed by atoms with Crippen molar-refractivity contribution < 1.29 is 4.79 Å². The third-order valence-electron chi connectivity index (χ3n) is 3.26. The van der Waals surface area contributed by atoms with Gasteiger partial charge in [-0.3, -0.25) is 4.79 Å². The number of hydrogen-bond donors (Lipinski definition) is 2. The molecule has 2 nitrogen and oxygen atoms in total. The predicted octanol–water partition coefficient (Wildman–Crippen LogP) is 4.23. The Bertz CT molecular complexity index is 429. The van der Waals surface area contributed by atoms with Gasteiger partial charge in [-0.05, 0) is 43.9 Å². The van der Waals surface area contributed by atoms with E-state index in [0.717, 1.165) is 34.8 Å². The fraction of sp³-hybridized carbons (Fsp3) is 0.562. The summed E-state index contributed by atoms with van der Waals surface area (Å²) < 4.78 is 0. The third-order valence-corrected chi connectivity index (χ3v) is 3.54. The van der Waals surface area contributed by atoms with Gasteiger partial charge in [0.15, 0.2) is 0 Å². The molecule has 0 aliphatic rings. The summed E-state index contributed by atoms with van der Waals surface area (Å²) in [6.45, 7) is 8.47. The summed E-state index contributed by atoms with van der Waals surface area (Å²) in [4.78, 5) is 13.0. The highest BCUT2D eigenvalue weighted by Crippen LogP contribution is 2.15. The van der Waals surface area contributed by atoms with Crippen LogP contribution in [0.15, 0.2) is 23.1 Å². The second-order valence-corrected chi connectivity index (χ2v) is 6.21. The number of carbonyl (C=O) groups excluding carboxylic acids is 1. The Morgan fingerprint density at radius 1 is 1.26 bits per heavy atom. The Labute approximate surface area is 122 Å². The molecule has 1 atom stereocenters. The van der Waals surface area contributed by atoms with E-state index < -0.39 is 0 Å². The smallest absolute Gasteiger partial charge is 0.251 e. The van der Waals surface area contributed by atoms with Gasteiger partial charge in [0.2, 0.25) is 0 Å². The number of benzene rings is 1. The molecule has 3 heteroatoms. The topological polar surface area (TPSA) is 29.1 Å². The summed E-state index contributed by atoms with van der Waals surface area (Å²) in [6.07, 6.45) is 3.40. The Kier molecular flexibility index (Phi) is 6.43. The zero-order valence-corrected chi connectivity index (χ0v) is 13.3. The molecule has 19 heavy (non-hydrogen) atoms. The summed E-state index contributed by atoms with van der Waals surface area (Å²) >= 11 is 4.29. The van der Waals surface area contributed by atoms with Crippen molar-refractivity contribution in [1.82, 2.24) is 5.32 Å². The maximum Gasteiger partial charge on any atom is 0.251 e. The molecule has 1 aromatic rings. The first kappa shape index (κ1) is 16.1. The van der Waals surface area contributed by atoms with Gasteiger partial charge in [0.25, 0.3) is 5.91 Å². The number of hydrogen-bond acceptors (Lipinski definition) is 2. The average Bonchev–Trinajstić information content (AvgIpc) is 2.31. The van der Waals surface area contributed by atoms with Crippen LogP contribution in [0.25, 0.3) is 0 Å². The second kappa shape index (κ2) is 7.59. The Balaban J connectivity index is 2.52. The van der Waals surface area contributed by atoms with Crippen molar-refractivity contribution in [3.05, 3.63) is 29.3 Å². The minimum Gasteiger partial charge on any atom is -0.350 e. The van der Waals surface area contributed by atoms with Gasteiger partial charge in [-0.15, -0.1) is 12.6 Å². The van der Waals surface area contributed by atoms with Crippen molar-refractivity contribution in [3.63, 3.8) is 0 Å². The number of carbonyl (C=O) groups is 1. The number of thiol groups is 1. The number of aryl methyl sites for hydroxylation is 1. The predicted molar refractivity (Wildman–Crippen MR) is 84.0 cm³/mol. The van der Waals surface area contributed by atoms with Gasteiger partial charge in [-0.1, -0.05) is 32.8 Å². The molecule has 0 radical (unpaired) electrons. The fourth-order valence-corrected chi connectivity index (χ4v) is 2.26. The zero-order chi connectivity index (χ0) is 14.4. The van der Waals surface area contributed by atoms with Crippen LogP contribution in [0, 0.1) is 12.8 Å². The molecule has 0 fully saturated rings. The van der Waals surface area contributed by atoms with Gasteiger partial charge in [-0.25, -0.2) is 0 Å². The van der Waals surface area contributed by atoms with Crippen molar-refractivity contribution in [3.8, 4) is 0 Å². The van der Waals surface area contributed by atoms with E-state index in [1.54, 1.807) is 0 Å². The molecule has 0 bridgehead atoms. The highest BCUT2D eigenvalue weighted by atomic mass is 32.1. The highest BCUT2D eigenvalue weighted by molar-refractivity contribution is 7.80. The summed E-state index contributed by atoms with van der Waals surface area (Å²) in [5, 5.41) is 3.07. The number of nitrogens with one attached hydrogen (secondary N) is 1.